The maximum atomic E-state index is 5.39. The maximum Gasteiger partial charge on any atom is 0.128 e. The van der Waals surface area contributed by atoms with Crippen molar-refractivity contribution in [1.29, 1.82) is 0 Å². The average molecular weight is 201 g/mol. The van der Waals surface area contributed by atoms with E-state index in [0.29, 0.717) is 0 Å². The highest BCUT2D eigenvalue weighted by Gasteiger charge is 2.07. The van der Waals surface area contributed by atoms with Crippen molar-refractivity contribution in [3.8, 4) is 5.75 Å². The third-order valence-corrected chi connectivity index (χ3v) is 2.55. The van der Waals surface area contributed by atoms with Gasteiger partial charge in [-0.2, -0.15) is 0 Å². The number of hydrogen-bond donors (Lipinski definition) is 0. The third kappa shape index (κ3) is 1.63. The molecule has 0 aliphatic rings. The SMILES string of the molecule is COc1cccc2cccc(N(C)C)c12. The van der Waals surface area contributed by atoms with Crippen LogP contribution in [0.5, 0.6) is 5.75 Å². The monoisotopic (exact) mass is 201 g/mol. The molecule has 0 saturated carbocycles. The zero-order chi connectivity index (χ0) is 10.8. The van der Waals surface area contributed by atoms with Crippen molar-refractivity contribution in [2.24, 2.45) is 0 Å². The molecule has 15 heavy (non-hydrogen) atoms. The molecule has 0 fully saturated rings. The standard InChI is InChI=1S/C13H15NO/c1-14(2)11-8-4-6-10-7-5-9-12(15-3)13(10)11/h4-9H,1-3H3. The second-order valence-corrected chi connectivity index (χ2v) is 3.73. The third-order valence-electron chi connectivity index (χ3n) is 2.55. The summed E-state index contributed by atoms with van der Waals surface area (Å²) in [7, 11) is 5.80. The average Bonchev–Trinajstić information content (AvgIpc) is 2.27. The molecule has 0 aliphatic heterocycles. The highest BCUT2D eigenvalue weighted by Crippen LogP contribution is 2.33. The lowest BCUT2D eigenvalue weighted by molar-refractivity contribution is 0.420. The molecule has 0 spiro atoms. The van der Waals surface area contributed by atoms with Crippen LogP contribution in [-0.4, -0.2) is 21.2 Å². The number of fused-ring (bicyclic) bond motifs is 1. The van der Waals surface area contributed by atoms with Gasteiger partial charge >= 0.3 is 0 Å². The molecule has 0 atom stereocenters. The summed E-state index contributed by atoms with van der Waals surface area (Å²) in [6.07, 6.45) is 0. The van der Waals surface area contributed by atoms with Gasteiger partial charge in [0.05, 0.1) is 7.11 Å². The summed E-state index contributed by atoms with van der Waals surface area (Å²) in [6.45, 7) is 0. The Labute approximate surface area is 90.1 Å². The molecule has 2 aromatic rings. The van der Waals surface area contributed by atoms with Gasteiger partial charge < -0.3 is 9.64 Å². The van der Waals surface area contributed by atoms with Crippen LogP contribution in [0.3, 0.4) is 0 Å². The Bertz CT molecular complexity index is 472. The van der Waals surface area contributed by atoms with E-state index in [1.807, 2.05) is 26.2 Å². The summed E-state index contributed by atoms with van der Waals surface area (Å²) in [6, 6.07) is 12.4. The Morgan fingerprint density at radius 3 is 2.27 bits per heavy atom. The topological polar surface area (TPSA) is 12.5 Å². The fourth-order valence-electron chi connectivity index (χ4n) is 1.83. The molecular formula is C13H15NO. The smallest absolute Gasteiger partial charge is 0.128 e. The predicted molar refractivity (Wildman–Crippen MR) is 64.8 cm³/mol. The molecule has 2 heteroatoms. The predicted octanol–water partition coefficient (Wildman–Crippen LogP) is 2.91. The van der Waals surface area contributed by atoms with Crippen LogP contribution in [0.15, 0.2) is 36.4 Å². The van der Waals surface area contributed by atoms with Crippen LogP contribution in [0.1, 0.15) is 0 Å². The van der Waals surface area contributed by atoms with E-state index in [2.05, 4.69) is 29.2 Å². The van der Waals surface area contributed by atoms with Gasteiger partial charge in [-0.15, -0.1) is 0 Å². The Hall–Kier alpha value is -1.70. The van der Waals surface area contributed by atoms with E-state index in [4.69, 9.17) is 4.74 Å². The second kappa shape index (κ2) is 3.81. The van der Waals surface area contributed by atoms with Gasteiger partial charge in [-0.3, -0.25) is 0 Å². The second-order valence-electron chi connectivity index (χ2n) is 3.73. The van der Waals surface area contributed by atoms with Crippen molar-refractivity contribution in [3.05, 3.63) is 36.4 Å². The van der Waals surface area contributed by atoms with Gasteiger partial charge in [0.25, 0.3) is 0 Å². The van der Waals surface area contributed by atoms with Crippen molar-refractivity contribution in [2.75, 3.05) is 26.1 Å². The fourth-order valence-corrected chi connectivity index (χ4v) is 1.83. The molecule has 2 rings (SSSR count). The highest BCUT2D eigenvalue weighted by molar-refractivity contribution is 5.98. The minimum Gasteiger partial charge on any atom is -0.496 e. The molecule has 0 unspecified atom stereocenters. The van der Waals surface area contributed by atoms with Crippen LogP contribution in [0.4, 0.5) is 5.69 Å². The molecular weight excluding hydrogens is 186 g/mol. The van der Waals surface area contributed by atoms with Gasteiger partial charge in [0.1, 0.15) is 5.75 Å². The van der Waals surface area contributed by atoms with Gasteiger partial charge in [0, 0.05) is 25.2 Å². The van der Waals surface area contributed by atoms with E-state index < -0.39 is 0 Å². The molecule has 0 N–H and O–H groups in total. The molecule has 2 aromatic carbocycles. The number of rotatable bonds is 2. The summed E-state index contributed by atoms with van der Waals surface area (Å²) >= 11 is 0. The normalized spacial score (nSPS) is 10.3. The van der Waals surface area contributed by atoms with Crippen LogP contribution < -0.4 is 9.64 Å². The molecule has 78 valence electrons. The summed E-state index contributed by atoms with van der Waals surface area (Å²) < 4.78 is 5.39. The van der Waals surface area contributed by atoms with Crippen molar-refractivity contribution in [1.82, 2.24) is 0 Å². The van der Waals surface area contributed by atoms with Crippen molar-refractivity contribution in [2.45, 2.75) is 0 Å². The number of hydrogen-bond acceptors (Lipinski definition) is 2. The zero-order valence-electron chi connectivity index (χ0n) is 9.32. The summed E-state index contributed by atoms with van der Waals surface area (Å²) in [4.78, 5) is 2.10. The van der Waals surface area contributed by atoms with Crippen molar-refractivity contribution < 1.29 is 4.74 Å². The quantitative estimate of drug-likeness (QED) is 0.740. The minimum absolute atomic E-state index is 0.928. The zero-order valence-corrected chi connectivity index (χ0v) is 9.32. The first-order valence-electron chi connectivity index (χ1n) is 4.97. The lowest BCUT2D eigenvalue weighted by Crippen LogP contribution is -2.09. The Morgan fingerprint density at radius 2 is 1.67 bits per heavy atom. The van der Waals surface area contributed by atoms with E-state index in [0.717, 1.165) is 5.75 Å². The number of anilines is 1. The summed E-state index contributed by atoms with van der Waals surface area (Å²) in [5, 5.41) is 2.38. The van der Waals surface area contributed by atoms with Gasteiger partial charge in [0.2, 0.25) is 0 Å². The molecule has 0 aromatic heterocycles. The first kappa shape index (κ1) is 9.84. The van der Waals surface area contributed by atoms with Crippen molar-refractivity contribution in [3.63, 3.8) is 0 Å². The number of ether oxygens (including phenoxy) is 1. The number of nitrogens with zero attached hydrogens (tertiary/aromatic N) is 1. The lowest BCUT2D eigenvalue weighted by Gasteiger charge is -2.17. The van der Waals surface area contributed by atoms with E-state index >= 15 is 0 Å². The lowest BCUT2D eigenvalue weighted by atomic mass is 10.1. The highest BCUT2D eigenvalue weighted by atomic mass is 16.5. The van der Waals surface area contributed by atoms with Gasteiger partial charge in [-0.25, -0.2) is 0 Å². The summed E-state index contributed by atoms with van der Waals surface area (Å²) in [5.74, 6) is 0.928. The molecule has 0 radical (unpaired) electrons. The van der Waals surface area contributed by atoms with E-state index in [-0.39, 0.29) is 0 Å². The number of methoxy groups -OCH3 is 1. The largest absolute Gasteiger partial charge is 0.496 e. The van der Waals surface area contributed by atoms with Crippen LogP contribution in [0, 0.1) is 0 Å². The molecule has 2 nitrogen and oxygen atoms in total. The van der Waals surface area contributed by atoms with Crippen LogP contribution in [-0.2, 0) is 0 Å². The number of benzene rings is 2. The Kier molecular flexibility index (Phi) is 2.50. The fraction of sp³-hybridized carbons (Fsp3) is 0.231. The van der Waals surface area contributed by atoms with Crippen LogP contribution in [0.25, 0.3) is 10.8 Å². The molecule has 0 aliphatic carbocycles. The van der Waals surface area contributed by atoms with Gasteiger partial charge in [-0.1, -0.05) is 24.3 Å². The van der Waals surface area contributed by atoms with E-state index in [1.165, 1.54) is 16.5 Å². The summed E-state index contributed by atoms with van der Waals surface area (Å²) in [5.41, 5.74) is 1.19. The maximum absolute atomic E-state index is 5.39. The first-order chi connectivity index (χ1) is 7.24. The van der Waals surface area contributed by atoms with Crippen LogP contribution >= 0.6 is 0 Å². The van der Waals surface area contributed by atoms with Crippen molar-refractivity contribution >= 4 is 16.5 Å². The molecule has 0 bridgehead atoms. The Balaban J connectivity index is 2.81. The minimum atomic E-state index is 0.928. The molecule has 0 heterocycles. The van der Waals surface area contributed by atoms with Gasteiger partial charge in [-0.05, 0) is 17.5 Å². The van der Waals surface area contributed by atoms with E-state index in [1.54, 1.807) is 7.11 Å². The molecule has 0 amide bonds. The molecule has 0 saturated heterocycles. The Morgan fingerprint density at radius 1 is 1.00 bits per heavy atom. The van der Waals surface area contributed by atoms with Crippen LogP contribution in [0.2, 0.25) is 0 Å². The van der Waals surface area contributed by atoms with E-state index in [9.17, 15) is 0 Å². The first-order valence-corrected chi connectivity index (χ1v) is 4.97. The van der Waals surface area contributed by atoms with Gasteiger partial charge in [0.15, 0.2) is 0 Å².